The highest BCUT2D eigenvalue weighted by Crippen LogP contribution is 2.31. The van der Waals surface area contributed by atoms with E-state index in [0.717, 1.165) is 9.87 Å². The average Bonchev–Trinajstić information content (AvgIpc) is 3.25. The number of hydrogen-bond donors (Lipinski definition) is 0. The van der Waals surface area contributed by atoms with Crippen molar-refractivity contribution in [1.29, 1.82) is 0 Å². The minimum atomic E-state index is -4.07. The number of sulfonamides is 1. The Kier molecular flexibility index (Phi) is 6.85. The van der Waals surface area contributed by atoms with Crippen LogP contribution in [0.15, 0.2) is 77.7 Å². The fourth-order valence-corrected chi connectivity index (χ4v) is 5.44. The number of carbonyl (C=O) groups excluding carboxylic acids is 1. The first-order valence-electron chi connectivity index (χ1n) is 10.6. The van der Waals surface area contributed by atoms with Crippen LogP contribution in [0.4, 0.5) is 4.39 Å². The van der Waals surface area contributed by atoms with Crippen LogP contribution in [-0.2, 0) is 19.6 Å². The van der Waals surface area contributed by atoms with Gasteiger partial charge in [-0.1, -0.05) is 24.3 Å². The molecule has 0 radical (unpaired) electrons. The molecule has 1 aliphatic heterocycles. The van der Waals surface area contributed by atoms with Gasteiger partial charge in [0, 0.05) is 6.42 Å². The highest BCUT2D eigenvalue weighted by atomic mass is 32.2. The molecule has 0 bridgehead atoms. The summed E-state index contributed by atoms with van der Waals surface area (Å²) in [6, 6.07) is 18.2. The summed E-state index contributed by atoms with van der Waals surface area (Å²) in [6.07, 6.45) is -0.686. The van der Waals surface area contributed by atoms with Crippen LogP contribution in [0, 0.1) is 12.7 Å². The van der Waals surface area contributed by atoms with E-state index in [4.69, 9.17) is 14.2 Å². The summed E-state index contributed by atoms with van der Waals surface area (Å²) in [6.45, 7) is 1.82. The fourth-order valence-electron chi connectivity index (χ4n) is 3.82. The van der Waals surface area contributed by atoms with Crippen molar-refractivity contribution in [2.75, 3.05) is 13.7 Å². The number of aryl methyl sites for hydroxylation is 1. The lowest BCUT2D eigenvalue weighted by atomic mass is 10.2. The van der Waals surface area contributed by atoms with E-state index in [1.54, 1.807) is 24.3 Å². The number of ether oxygens (including phenoxy) is 3. The van der Waals surface area contributed by atoms with E-state index in [0.29, 0.717) is 11.5 Å². The third-order valence-corrected chi connectivity index (χ3v) is 7.37. The van der Waals surface area contributed by atoms with Gasteiger partial charge in [0.05, 0.1) is 18.6 Å². The van der Waals surface area contributed by atoms with Gasteiger partial charge in [0.25, 0.3) is 0 Å². The van der Waals surface area contributed by atoms with Crippen molar-refractivity contribution in [2.45, 2.75) is 30.4 Å². The van der Waals surface area contributed by atoms with Gasteiger partial charge in [-0.3, -0.25) is 4.79 Å². The Labute approximate surface area is 197 Å². The van der Waals surface area contributed by atoms with E-state index in [2.05, 4.69) is 0 Å². The predicted molar refractivity (Wildman–Crippen MR) is 123 cm³/mol. The fraction of sp³-hybridized carbons (Fsp3) is 0.240. The normalized spacial score (nSPS) is 18.4. The summed E-state index contributed by atoms with van der Waals surface area (Å²) in [5.41, 5.74) is 1.03. The zero-order chi connectivity index (χ0) is 24.3. The lowest BCUT2D eigenvalue weighted by Crippen LogP contribution is -2.41. The average molecular weight is 486 g/mol. The van der Waals surface area contributed by atoms with Gasteiger partial charge in [0.2, 0.25) is 10.0 Å². The molecule has 3 aromatic carbocycles. The second-order valence-corrected chi connectivity index (χ2v) is 9.80. The van der Waals surface area contributed by atoms with Crippen LogP contribution < -0.4 is 9.47 Å². The van der Waals surface area contributed by atoms with Gasteiger partial charge in [-0.25, -0.2) is 12.8 Å². The lowest BCUT2D eigenvalue weighted by Gasteiger charge is -2.22. The third kappa shape index (κ3) is 5.05. The zero-order valence-electron chi connectivity index (χ0n) is 18.7. The largest absolute Gasteiger partial charge is 0.486 e. The molecule has 0 amide bonds. The summed E-state index contributed by atoms with van der Waals surface area (Å²) in [4.78, 5) is 12.4. The van der Waals surface area contributed by atoms with E-state index >= 15 is 0 Å². The topological polar surface area (TPSA) is 82.1 Å². The molecule has 0 aliphatic carbocycles. The molecule has 3 aromatic rings. The SMILES string of the molecule is COC(=O)C1CC(Oc2ccccc2F)CN1S(=O)(=O)c1ccc(Oc2cccc(C)c2)cc1. The van der Waals surface area contributed by atoms with Crippen molar-refractivity contribution in [2.24, 2.45) is 0 Å². The molecule has 1 fully saturated rings. The molecular weight excluding hydrogens is 461 g/mol. The Morgan fingerprint density at radius 2 is 1.74 bits per heavy atom. The maximum Gasteiger partial charge on any atom is 0.324 e. The summed E-state index contributed by atoms with van der Waals surface area (Å²) in [5, 5.41) is 0. The molecular formula is C25H24FNO6S. The predicted octanol–water partition coefficient (Wildman–Crippen LogP) is 4.31. The molecule has 2 atom stereocenters. The monoisotopic (exact) mass is 485 g/mol. The van der Waals surface area contributed by atoms with Crippen LogP contribution in [0.2, 0.25) is 0 Å². The van der Waals surface area contributed by atoms with Crippen molar-refractivity contribution < 1.29 is 31.8 Å². The van der Waals surface area contributed by atoms with Gasteiger partial charge in [-0.15, -0.1) is 0 Å². The molecule has 0 N–H and O–H groups in total. The van der Waals surface area contributed by atoms with Crippen molar-refractivity contribution >= 4 is 16.0 Å². The number of nitrogens with zero attached hydrogens (tertiary/aromatic N) is 1. The summed E-state index contributed by atoms with van der Waals surface area (Å²) >= 11 is 0. The Hall–Kier alpha value is -3.43. The van der Waals surface area contributed by atoms with Crippen LogP contribution in [0.5, 0.6) is 17.2 Å². The molecule has 2 unspecified atom stereocenters. The first kappa shape index (κ1) is 23.7. The van der Waals surface area contributed by atoms with Gasteiger partial charge in [0.1, 0.15) is 23.6 Å². The van der Waals surface area contributed by atoms with Crippen molar-refractivity contribution in [3.63, 3.8) is 0 Å². The third-order valence-electron chi connectivity index (χ3n) is 5.48. The summed E-state index contributed by atoms with van der Waals surface area (Å²) < 4.78 is 58.1. The Bertz CT molecular complexity index is 1280. The molecule has 1 heterocycles. The Balaban J connectivity index is 1.55. The number of carbonyl (C=O) groups is 1. The number of rotatable bonds is 7. The molecule has 34 heavy (non-hydrogen) atoms. The van der Waals surface area contributed by atoms with E-state index in [9.17, 15) is 17.6 Å². The van der Waals surface area contributed by atoms with Gasteiger partial charge in [-0.05, 0) is 61.0 Å². The van der Waals surface area contributed by atoms with E-state index in [-0.39, 0.29) is 23.6 Å². The smallest absolute Gasteiger partial charge is 0.324 e. The molecule has 178 valence electrons. The highest BCUT2D eigenvalue weighted by molar-refractivity contribution is 7.89. The maximum atomic E-state index is 14.0. The van der Waals surface area contributed by atoms with Gasteiger partial charge in [0.15, 0.2) is 11.6 Å². The van der Waals surface area contributed by atoms with Gasteiger partial charge < -0.3 is 14.2 Å². The molecule has 0 spiro atoms. The minimum Gasteiger partial charge on any atom is -0.486 e. The number of methoxy groups -OCH3 is 1. The molecule has 4 rings (SSSR count). The van der Waals surface area contributed by atoms with Crippen LogP contribution in [0.1, 0.15) is 12.0 Å². The number of benzene rings is 3. The van der Waals surface area contributed by atoms with Crippen molar-refractivity contribution in [1.82, 2.24) is 4.31 Å². The number of para-hydroxylation sites is 1. The van der Waals surface area contributed by atoms with E-state index < -0.39 is 34.0 Å². The second kappa shape index (κ2) is 9.82. The molecule has 1 saturated heterocycles. The van der Waals surface area contributed by atoms with Crippen LogP contribution in [0.25, 0.3) is 0 Å². The highest BCUT2D eigenvalue weighted by Gasteiger charge is 2.45. The second-order valence-electron chi connectivity index (χ2n) is 7.91. The maximum absolute atomic E-state index is 14.0. The lowest BCUT2D eigenvalue weighted by molar-refractivity contribution is -0.144. The number of halogens is 1. The van der Waals surface area contributed by atoms with Gasteiger partial charge >= 0.3 is 5.97 Å². The summed E-state index contributed by atoms with van der Waals surface area (Å²) in [5.74, 6) is -0.177. The molecule has 0 aromatic heterocycles. The van der Waals surface area contributed by atoms with E-state index in [1.807, 2.05) is 25.1 Å². The molecule has 1 aliphatic rings. The quantitative estimate of drug-likeness (QED) is 0.464. The number of esters is 1. The van der Waals surface area contributed by atoms with Crippen LogP contribution in [0.3, 0.4) is 0 Å². The Morgan fingerprint density at radius 3 is 2.41 bits per heavy atom. The first-order chi connectivity index (χ1) is 16.3. The Morgan fingerprint density at radius 1 is 1.00 bits per heavy atom. The van der Waals surface area contributed by atoms with Crippen LogP contribution >= 0.6 is 0 Å². The van der Waals surface area contributed by atoms with Gasteiger partial charge in [-0.2, -0.15) is 4.31 Å². The molecule has 7 nitrogen and oxygen atoms in total. The molecule has 0 saturated carbocycles. The zero-order valence-corrected chi connectivity index (χ0v) is 19.5. The first-order valence-corrected chi connectivity index (χ1v) is 12.1. The molecule has 9 heteroatoms. The summed E-state index contributed by atoms with van der Waals surface area (Å²) in [7, 11) is -2.88. The standard InChI is InChI=1S/C25H24FNO6S/c1-17-6-5-7-19(14-17)32-18-10-12-21(13-11-18)34(29,30)27-16-20(15-23(27)25(28)31-2)33-24-9-4-3-8-22(24)26/h3-14,20,23H,15-16H2,1-2H3. The van der Waals surface area contributed by atoms with Crippen molar-refractivity contribution in [3.8, 4) is 17.2 Å². The number of hydrogen-bond acceptors (Lipinski definition) is 6. The van der Waals surface area contributed by atoms with E-state index in [1.165, 1.54) is 37.4 Å². The minimum absolute atomic E-state index is 0.00647. The van der Waals surface area contributed by atoms with Crippen molar-refractivity contribution in [3.05, 3.63) is 84.2 Å². The van der Waals surface area contributed by atoms with Crippen LogP contribution in [-0.4, -0.2) is 44.5 Å².